The smallest absolute Gasteiger partial charge is 0.177 e. The molecule has 0 aliphatic rings. The molecule has 3 heterocycles. The summed E-state index contributed by atoms with van der Waals surface area (Å²) in [6.45, 7) is 8.31. The summed E-state index contributed by atoms with van der Waals surface area (Å²) in [6, 6.07) is 10.3. The SMILES string of the molecule is Cc1ncc(C)n2nc([C@H](C)[C@H](C)c3nc(-c4ccccc4)cn3C)nc12. The Bertz CT molecular complexity index is 1050. The number of aromatic nitrogens is 6. The van der Waals surface area contributed by atoms with Crippen molar-refractivity contribution < 1.29 is 0 Å². The average Bonchev–Trinajstić information content (AvgIpc) is 3.29. The van der Waals surface area contributed by atoms with Gasteiger partial charge < -0.3 is 4.57 Å². The molecule has 4 aromatic rings. The second-order valence-electron chi connectivity index (χ2n) is 7.23. The number of aryl methyl sites for hydroxylation is 3. The van der Waals surface area contributed by atoms with Crippen molar-refractivity contribution in [1.29, 1.82) is 0 Å². The fourth-order valence-corrected chi connectivity index (χ4v) is 3.40. The van der Waals surface area contributed by atoms with Crippen molar-refractivity contribution in [3.8, 4) is 11.3 Å². The van der Waals surface area contributed by atoms with E-state index in [4.69, 9.17) is 15.1 Å². The van der Waals surface area contributed by atoms with Crippen LogP contribution in [0.4, 0.5) is 0 Å². The summed E-state index contributed by atoms with van der Waals surface area (Å²) in [5, 5.41) is 4.74. The third kappa shape index (κ3) is 3.01. The van der Waals surface area contributed by atoms with Gasteiger partial charge >= 0.3 is 0 Å². The van der Waals surface area contributed by atoms with Crippen LogP contribution in [0.15, 0.2) is 42.7 Å². The van der Waals surface area contributed by atoms with E-state index in [1.807, 2.05) is 49.8 Å². The number of nitrogens with zero attached hydrogens (tertiary/aromatic N) is 6. The van der Waals surface area contributed by atoms with Gasteiger partial charge in [-0.3, -0.25) is 4.98 Å². The molecule has 3 aromatic heterocycles. The van der Waals surface area contributed by atoms with E-state index in [1.54, 1.807) is 0 Å². The monoisotopic (exact) mass is 360 g/mol. The second-order valence-corrected chi connectivity index (χ2v) is 7.23. The van der Waals surface area contributed by atoms with Crippen LogP contribution in [-0.4, -0.2) is 29.1 Å². The van der Waals surface area contributed by atoms with Gasteiger partial charge in [0.15, 0.2) is 11.5 Å². The van der Waals surface area contributed by atoms with Gasteiger partial charge in [-0.25, -0.2) is 14.5 Å². The Morgan fingerprint density at radius 2 is 1.70 bits per heavy atom. The molecular formula is C21H24N6. The zero-order valence-corrected chi connectivity index (χ0v) is 16.4. The highest BCUT2D eigenvalue weighted by Gasteiger charge is 2.25. The summed E-state index contributed by atoms with van der Waals surface area (Å²) in [6.07, 6.45) is 3.92. The molecule has 0 spiro atoms. The maximum atomic E-state index is 4.90. The Labute approximate surface area is 158 Å². The number of imidazole rings is 1. The normalized spacial score (nSPS) is 13.8. The van der Waals surface area contributed by atoms with E-state index in [0.29, 0.717) is 0 Å². The van der Waals surface area contributed by atoms with Gasteiger partial charge in [0.1, 0.15) is 5.82 Å². The fourth-order valence-electron chi connectivity index (χ4n) is 3.40. The second kappa shape index (κ2) is 6.61. The lowest BCUT2D eigenvalue weighted by molar-refractivity contribution is 0.544. The van der Waals surface area contributed by atoms with Gasteiger partial charge in [-0.1, -0.05) is 44.2 Å². The molecule has 0 aliphatic carbocycles. The van der Waals surface area contributed by atoms with Crippen molar-refractivity contribution in [2.75, 3.05) is 0 Å². The summed E-state index contributed by atoms with van der Waals surface area (Å²) in [4.78, 5) is 14.1. The summed E-state index contributed by atoms with van der Waals surface area (Å²) in [5.74, 6) is 2.17. The summed E-state index contributed by atoms with van der Waals surface area (Å²) >= 11 is 0. The molecule has 0 radical (unpaired) electrons. The molecule has 2 atom stereocenters. The fraction of sp³-hybridized carbons (Fsp3) is 0.333. The number of hydrogen-bond donors (Lipinski definition) is 0. The molecule has 138 valence electrons. The first kappa shape index (κ1) is 17.4. The maximum absolute atomic E-state index is 4.90. The largest absolute Gasteiger partial charge is 0.337 e. The van der Waals surface area contributed by atoms with Gasteiger partial charge in [-0.05, 0) is 13.8 Å². The van der Waals surface area contributed by atoms with Crippen molar-refractivity contribution in [1.82, 2.24) is 29.1 Å². The Balaban J connectivity index is 1.69. The number of rotatable bonds is 4. The van der Waals surface area contributed by atoms with Crippen molar-refractivity contribution in [2.45, 2.75) is 39.5 Å². The third-order valence-electron chi connectivity index (χ3n) is 5.27. The topological polar surface area (TPSA) is 60.9 Å². The van der Waals surface area contributed by atoms with Gasteiger partial charge in [0.2, 0.25) is 0 Å². The van der Waals surface area contributed by atoms with Crippen molar-refractivity contribution >= 4 is 5.65 Å². The Morgan fingerprint density at radius 3 is 2.41 bits per heavy atom. The summed E-state index contributed by atoms with van der Waals surface area (Å²) < 4.78 is 3.99. The summed E-state index contributed by atoms with van der Waals surface area (Å²) in [7, 11) is 2.05. The quantitative estimate of drug-likeness (QED) is 0.551. The average molecular weight is 360 g/mol. The zero-order chi connectivity index (χ0) is 19.1. The molecule has 0 unspecified atom stereocenters. The summed E-state index contributed by atoms with van der Waals surface area (Å²) in [5.41, 5.74) is 4.82. The molecule has 0 N–H and O–H groups in total. The minimum Gasteiger partial charge on any atom is -0.337 e. The number of fused-ring (bicyclic) bond motifs is 1. The Morgan fingerprint density at radius 1 is 0.963 bits per heavy atom. The van der Waals surface area contributed by atoms with E-state index in [2.05, 4.69) is 41.7 Å². The molecule has 6 heteroatoms. The van der Waals surface area contributed by atoms with Crippen LogP contribution in [0.2, 0.25) is 0 Å². The molecule has 27 heavy (non-hydrogen) atoms. The van der Waals surface area contributed by atoms with Crippen LogP contribution in [0.25, 0.3) is 16.9 Å². The van der Waals surface area contributed by atoms with E-state index in [9.17, 15) is 0 Å². The van der Waals surface area contributed by atoms with E-state index >= 15 is 0 Å². The minimum atomic E-state index is 0.133. The maximum Gasteiger partial charge on any atom is 0.177 e. The van der Waals surface area contributed by atoms with Gasteiger partial charge in [0.25, 0.3) is 0 Å². The van der Waals surface area contributed by atoms with Gasteiger partial charge in [-0.2, -0.15) is 5.10 Å². The van der Waals surface area contributed by atoms with E-state index in [1.165, 1.54) is 0 Å². The van der Waals surface area contributed by atoms with Crippen LogP contribution in [0.5, 0.6) is 0 Å². The van der Waals surface area contributed by atoms with E-state index in [0.717, 1.165) is 39.9 Å². The molecular weight excluding hydrogens is 336 g/mol. The predicted octanol–water partition coefficient (Wildman–Crippen LogP) is 4.05. The van der Waals surface area contributed by atoms with Crippen LogP contribution < -0.4 is 0 Å². The lowest BCUT2D eigenvalue weighted by Gasteiger charge is -2.16. The molecule has 0 saturated heterocycles. The molecule has 0 fully saturated rings. The van der Waals surface area contributed by atoms with Crippen molar-refractivity contribution in [3.05, 3.63) is 65.8 Å². The highest BCUT2D eigenvalue weighted by Crippen LogP contribution is 2.32. The first-order chi connectivity index (χ1) is 13.0. The molecule has 0 amide bonds. The number of hydrogen-bond acceptors (Lipinski definition) is 4. The first-order valence-electron chi connectivity index (χ1n) is 9.23. The molecule has 0 aliphatic heterocycles. The highest BCUT2D eigenvalue weighted by molar-refractivity contribution is 5.58. The molecule has 4 rings (SSSR count). The van der Waals surface area contributed by atoms with Gasteiger partial charge in [0.05, 0.1) is 17.1 Å². The Kier molecular flexibility index (Phi) is 4.26. The lowest BCUT2D eigenvalue weighted by Crippen LogP contribution is -2.11. The van der Waals surface area contributed by atoms with Crippen LogP contribution in [0.3, 0.4) is 0 Å². The van der Waals surface area contributed by atoms with Crippen LogP contribution in [0.1, 0.15) is 48.7 Å². The lowest BCUT2D eigenvalue weighted by atomic mass is 9.94. The third-order valence-corrected chi connectivity index (χ3v) is 5.27. The Hall–Kier alpha value is -3.02. The highest BCUT2D eigenvalue weighted by atomic mass is 15.3. The van der Waals surface area contributed by atoms with Gasteiger partial charge in [-0.15, -0.1) is 0 Å². The molecule has 1 aromatic carbocycles. The van der Waals surface area contributed by atoms with E-state index in [-0.39, 0.29) is 11.8 Å². The van der Waals surface area contributed by atoms with Crippen molar-refractivity contribution in [2.24, 2.45) is 7.05 Å². The predicted molar refractivity (Wildman–Crippen MR) is 106 cm³/mol. The standard InChI is InChI=1S/C21H24N6/c1-13-11-22-16(4)21-24-19(25-27(13)21)14(2)15(3)20-23-18(12-26(20)5)17-9-7-6-8-10-17/h6-12,14-15H,1-5H3/t14-,15+/m1/s1. The van der Waals surface area contributed by atoms with Crippen LogP contribution in [-0.2, 0) is 7.05 Å². The zero-order valence-electron chi connectivity index (χ0n) is 16.4. The minimum absolute atomic E-state index is 0.133. The van der Waals surface area contributed by atoms with E-state index < -0.39 is 0 Å². The molecule has 0 bridgehead atoms. The van der Waals surface area contributed by atoms with Crippen molar-refractivity contribution in [3.63, 3.8) is 0 Å². The molecule has 0 saturated carbocycles. The van der Waals surface area contributed by atoms with Gasteiger partial charge in [0, 0.05) is 36.8 Å². The first-order valence-corrected chi connectivity index (χ1v) is 9.23. The molecule has 6 nitrogen and oxygen atoms in total. The number of benzene rings is 1. The van der Waals surface area contributed by atoms with Crippen LogP contribution >= 0.6 is 0 Å². The van der Waals surface area contributed by atoms with Crippen LogP contribution in [0, 0.1) is 13.8 Å².